The summed E-state index contributed by atoms with van der Waals surface area (Å²) in [5, 5.41) is 9.66. The molecule has 256 valence electrons. The van der Waals surface area contributed by atoms with Crippen LogP contribution in [0, 0.1) is 18.8 Å². The first-order valence-electron chi connectivity index (χ1n) is 14.6. The number of thioether (sulfide) groups is 1. The predicted molar refractivity (Wildman–Crippen MR) is 181 cm³/mol. The summed E-state index contributed by atoms with van der Waals surface area (Å²) in [5.41, 5.74) is 5.01. The number of aliphatic carboxylic acids is 1. The van der Waals surface area contributed by atoms with Crippen molar-refractivity contribution in [1.82, 2.24) is 9.80 Å². The molecule has 2 aliphatic rings. The molecule has 1 aromatic carbocycles. The van der Waals surface area contributed by atoms with Gasteiger partial charge in [-0.2, -0.15) is 13.2 Å². The van der Waals surface area contributed by atoms with E-state index < -0.39 is 30.2 Å². The number of terminal acetylenes is 1. The van der Waals surface area contributed by atoms with Crippen LogP contribution >= 0.6 is 11.8 Å². The van der Waals surface area contributed by atoms with E-state index in [2.05, 4.69) is 44.2 Å². The molecule has 2 saturated heterocycles. The molecule has 12 heteroatoms. The quantitative estimate of drug-likeness (QED) is 0.272. The smallest absolute Gasteiger partial charge is 0.416 e. The van der Waals surface area contributed by atoms with Gasteiger partial charge >= 0.3 is 12.1 Å². The van der Waals surface area contributed by atoms with E-state index in [1.165, 1.54) is 47.7 Å². The minimum absolute atomic E-state index is 0.0227. The Morgan fingerprint density at radius 2 is 1.72 bits per heavy atom. The van der Waals surface area contributed by atoms with Gasteiger partial charge in [0.15, 0.2) is 0 Å². The van der Waals surface area contributed by atoms with Crippen molar-refractivity contribution in [3.63, 3.8) is 0 Å². The van der Waals surface area contributed by atoms with Crippen LogP contribution in [0.5, 0.6) is 0 Å². The van der Waals surface area contributed by atoms with Crippen LogP contribution in [0.1, 0.15) is 75.6 Å². The molecular weight excluding hydrogens is 619 g/mol. The molecule has 46 heavy (non-hydrogen) atoms. The number of carbonyl (C=O) groups is 4. The maximum absolute atomic E-state index is 13.7. The van der Waals surface area contributed by atoms with Gasteiger partial charge in [0.25, 0.3) is 0 Å². The zero-order valence-electron chi connectivity index (χ0n) is 27.3. The van der Waals surface area contributed by atoms with Gasteiger partial charge in [0.2, 0.25) is 5.91 Å². The number of carbonyl (C=O) groups excluding carboxylic acids is 3. The Bertz CT molecular complexity index is 1190. The van der Waals surface area contributed by atoms with E-state index in [-0.39, 0.29) is 35.2 Å². The largest absolute Gasteiger partial charge is 0.480 e. The Morgan fingerprint density at radius 1 is 1.15 bits per heavy atom. The molecule has 2 unspecified atom stereocenters. The van der Waals surface area contributed by atoms with Crippen LogP contribution in [0.2, 0.25) is 0 Å². The van der Waals surface area contributed by atoms with Crippen molar-refractivity contribution in [2.45, 2.75) is 72.0 Å². The second kappa shape index (κ2) is 23.5. The van der Waals surface area contributed by atoms with Crippen LogP contribution < -0.4 is 5.73 Å². The van der Waals surface area contributed by atoms with Gasteiger partial charge in [0.05, 0.1) is 5.56 Å². The molecule has 0 spiro atoms. The number of alkyl halides is 3. The van der Waals surface area contributed by atoms with Crippen LogP contribution in [-0.4, -0.2) is 71.9 Å². The average Bonchev–Trinajstić information content (AvgIpc) is 3.70. The summed E-state index contributed by atoms with van der Waals surface area (Å²) in [6.07, 6.45) is 12.1. The summed E-state index contributed by atoms with van der Waals surface area (Å²) in [4.78, 5) is 45.5. The second-order valence-electron chi connectivity index (χ2n) is 10.1. The van der Waals surface area contributed by atoms with E-state index in [1.54, 1.807) is 19.1 Å². The summed E-state index contributed by atoms with van der Waals surface area (Å²) < 4.78 is 41.1. The number of likely N-dealkylation sites (tertiary alicyclic amines) is 2. The molecule has 0 bridgehead atoms. The van der Waals surface area contributed by atoms with Crippen molar-refractivity contribution >= 4 is 49.0 Å². The summed E-state index contributed by atoms with van der Waals surface area (Å²) in [5.74, 6) is -0.756. The third-order valence-corrected chi connectivity index (χ3v) is 8.46. The van der Waals surface area contributed by atoms with E-state index in [9.17, 15) is 27.9 Å². The molecule has 3 N–H and O–H groups in total. The minimum Gasteiger partial charge on any atom is -0.480 e. The summed E-state index contributed by atoms with van der Waals surface area (Å²) in [6, 6.07) is 0.807. The third kappa shape index (κ3) is 14.1. The van der Waals surface area contributed by atoms with Gasteiger partial charge < -0.3 is 25.3 Å². The van der Waals surface area contributed by atoms with Gasteiger partial charge in [0.1, 0.15) is 19.6 Å². The fourth-order valence-electron chi connectivity index (χ4n) is 4.87. The van der Waals surface area contributed by atoms with E-state index >= 15 is 0 Å². The number of hydrogen-bond donors (Lipinski definition) is 2. The van der Waals surface area contributed by atoms with E-state index in [4.69, 9.17) is 15.3 Å². The first-order chi connectivity index (χ1) is 21.8. The van der Waals surface area contributed by atoms with E-state index in [0.29, 0.717) is 18.4 Å². The Labute approximate surface area is 276 Å². The first-order valence-corrected chi connectivity index (χ1v) is 15.6. The van der Waals surface area contributed by atoms with Crippen molar-refractivity contribution in [2.24, 2.45) is 11.7 Å². The van der Waals surface area contributed by atoms with Crippen molar-refractivity contribution in [2.75, 3.05) is 25.5 Å². The van der Waals surface area contributed by atoms with Gasteiger partial charge in [-0.05, 0) is 81.6 Å². The first kappa shape index (κ1) is 44.3. The fourth-order valence-corrected chi connectivity index (χ4v) is 5.68. The third-order valence-electron chi connectivity index (χ3n) is 7.27. The zero-order valence-corrected chi connectivity index (χ0v) is 28.1. The number of amides is 1. The number of nitrogens with zero attached hydrogens (tertiary/aromatic N) is 2. The standard InChI is InChI=1S/C21H25F3N2O3.C9H17NS.C2H2.2CH2O/c1-4-6-14-9-15(17(21(22,23)24)11-16(14)12(3)25)10-18(20(28)29)26-8-7-13(5-2)19(26)27;1-3-9(2)11-8-10-6-4-5-7-10;3*1-2/h4,6,9,11,13,18H,3,5,7-8,10,25H2,1-2H3,(H,28,29);3H,4-8H2,1-2H3;1-2H;2*1H2/b6-4-;9-3-;;;. The highest BCUT2D eigenvalue weighted by atomic mass is 32.2. The average molecular weight is 668 g/mol. The lowest BCUT2D eigenvalue weighted by atomic mass is 9.92. The zero-order chi connectivity index (χ0) is 36.0. The molecule has 1 aromatic rings. The number of carboxylic acid groups (broad SMARTS) is 1. The van der Waals surface area contributed by atoms with Gasteiger partial charge in [-0.1, -0.05) is 37.8 Å². The van der Waals surface area contributed by atoms with Crippen LogP contribution in [-0.2, 0) is 31.8 Å². The molecule has 2 heterocycles. The molecule has 2 fully saturated rings. The van der Waals surface area contributed by atoms with E-state index in [1.807, 2.05) is 32.3 Å². The number of carboxylic acids is 1. The van der Waals surface area contributed by atoms with Crippen molar-refractivity contribution < 1.29 is 37.5 Å². The van der Waals surface area contributed by atoms with Crippen LogP contribution in [0.4, 0.5) is 13.2 Å². The fraction of sp³-hybridized carbons (Fsp3) is 0.471. The SMILES string of the molecule is C#C.C/C=C(/C)SCN1CCCC1.C=C(N)c1cc(C(F)(F)F)c(CC(C(=O)O)N2CCC(CC)C2=O)cc1/C=C\C.C=O.C=O. The highest BCUT2D eigenvalue weighted by Crippen LogP contribution is 2.37. The highest BCUT2D eigenvalue weighted by molar-refractivity contribution is 8.02. The number of allylic oxidation sites excluding steroid dienone is 3. The van der Waals surface area contributed by atoms with Crippen LogP contribution in [0.3, 0.4) is 0 Å². The number of nitrogens with two attached hydrogens (primary N) is 1. The number of benzene rings is 1. The lowest BCUT2D eigenvalue weighted by Gasteiger charge is -2.26. The van der Waals surface area contributed by atoms with Crippen molar-refractivity contribution in [3.8, 4) is 12.8 Å². The number of halogens is 3. The number of hydrogen-bond acceptors (Lipinski definition) is 7. The summed E-state index contributed by atoms with van der Waals surface area (Å²) in [7, 11) is 0. The predicted octanol–water partition coefficient (Wildman–Crippen LogP) is 6.50. The Balaban J connectivity index is 0. The molecule has 2 atom stereocenters. The van der Waals surface area contributed by atoms with Gasteiger partial charge in [-0.15, -0.1) is 24.6 Å². The normalized spacial score (nSPS) is 16.9. The molecule has 0 radical (unpaired) electrons. The monoisotopic (exact) mass is 667 g/mol. The maximum Gasteiger partial charge on any atom is 0.416 e. The number of rotatable bonds is 10. The lowest BCUT2D eigenvalue weighted by molar-refractivity contribution is -0.149. The molecule has 3 rings (SSSR count). The highest BCUT2D eigenvalue weighted by Gasteiger charge is 2.40. The Hall–Kier alpha value is -3.82. The second-order valence-corrected chi connectivity index (χ2v) is 11.3. The van der Waals surface area contributed by atoms with Gasteiger partial charge in [-0.25, -0.2) is 4.79 Å². The Kier molecular flexibility index (Phi) is 22.6. The summed E-state index contributed by atoms with van der Waals surface area (Å²) >= 11 is 1.96. The van der Waals surface area contributed by atoms with Gasteiger partial charge in [-0.3, -0.25) is 9.69 Å². The minimum atomic E-state index is -4.71. The summed E-state index contributed by atoms with van der Waals surface area (Å²) in [6.45, 7) is 18.2. The van der Waals surface area contributed by atoms with E-state index in [0.717, 1.165) is 6.07 Å². The Morgan fingerprint density at radius 3 is 2.13 bits per heavy atom. The van der Waals surface area contributed by atoms with Crippen LogP contribution in [0.15, 0.2) is 35.8 Å². The maximum atomic E-state index is 13.7. The van der Waals surface area contributed by atoms with Crippen LogP contribution in [0.25, 0.3) is 11.8 Å². The molecule has 0 aromatic heterocycles. The lowest BCUT2D eigenvalue weighted by Crippen LogP contribution is -2.44. The van der Waals surface area contributed by atoms with Crippen molar-refractivity contribution in [1.29, 1.82) is 0 Å². The molecule has 2 aliphatic heterocycles. The molecule has 8 nitrogen and oxygen atoms in total. The molecule has 0 saturated carbocycles. The molecule has 1 amide bonds. The molecular formula is C34H48F3N3O5S. The van der Waals surface area contributed by atoms with Gasteiger partial charge in [0, 0.05) is 36.0 Å². The molecule has 0 aliphatic carbocycles. The topological polar surface area (TPSA) is 121 Å². The van der Waals surface area contributed by atoms with Crippen molar-refractivity contribution in [3.05, 3.63) is 58.0 Å².